The summed E-state index contributed by atoms with van der Waals surface area (Å²) < 4.78 is 5.80. The minimum absolute atomic E-state index is 0.0532. The summed E-state index contributed by atoms with van der Waals surface area (Å²) in [6.07, 6.45) is 0.986. The van der Waals surface area contributed by atoms with Crippen molar-refractivity contribution in [2.45, 2.75) is 12.5 Å². The van der Waals surface area contributed by atoms with Gasteiger partial charge in [-0.15, -0.1) is 0 Å². The Labute approximate surface area is 102 Å². The van der Waals surface area contributed by atoms with Crippen LogP contribution in [0.1, 0.15) is 6.42 Å². The summed E-state index contributed by atoms with van der Waals surface area (Å²) in [6.45, 7) is 1.43. The van der Waals surface area contributed by atoms with Gasteiger partial charge < -0.3 is 14.5 Å². The molecule has 1 aromatic carbocycles. The van der Waals surface area contributed by atoms with E-state index in [-0.39, 0.29) is 12.1 Å². The number of benzene rings is 1. The second-order valence-corrected chi connectivity index (χ2v) is 4.39. The van der Waals surface area contributed by atoms with Gasteiger partial charge in [0.15, 0.2) is 0 Å². The van der Waals surface area contributed by atoms with E-state index >= 15 is 0 Å². The molecule has 1 saturated heterocycles. The van der Waals surface area contributed by atoms with Crippen LogP contribution in [-0.2, 0) is 0 Å². The number of rotatable bonds is 2. The Balaban J connectivity index is 1.88. The summed E-state index contributed by atoms with van der Waals surface area (Å²) in [5.74, 6) is 0.841. The minimum atomic E-state index is 0.0532. The molecule has 0 aromatic heterocycles. The van der Waals surface area contributed by atoms with Crippen LogP contribution in [0.2, 0.25) is 0 Å². The van der Waals surface area contributed by atoms with E-state index in [2.05, 4.69) is 6.07 Å². The van der Waals surface area contributed by atoms with E-state index in [1.54, 1.807) is 19.0 Å². The summed E-state index contributed by atoms with van der Waals surface area (Å²) in [6, 6.07) is 10.4. The van der Waals surface area contributed by atoms with Crippen LogP contribution in [0.3, 0.4) is 0 Å². The molecule has 4 nitrogen and oxygen atoms in total. The Morgan fingerprint density at radius 2 is 2.18 bits per heavy atom. The number of urea groups is 1. The van der Waals surface area contributed by atoms with E-state index in [1.165, 1.54) is 0 Å². The summed E-state index contributed by atoms with van der Waals surface area (Å²) >= 11 is 0. The second-order valence-electron chi connectivity index (χ2n) is 4.39. The third kappa shape index (κ3) is 2.90. The lowest BCUT2D eigenvalue weighted by atomic mass is 10.3. The molecule has 1 aliphatic heterocycles. The van der Waals surface area contributed by atoms with Crippen LogP contribution in [0.25, 0.3) is 0 Å². The Bertz CT molecular complexity index is 378. The average molecular weight is 233 g/mol. The summed E-state index contributed by atoms with van der Waals surface area (Å²) in [5, 5.41) is 0. The van der Waals surface area contributed by atoms with E-state index < -0.39 is 0 Å². The van der Waals surface area contributed by atoms with Crippen LogP contribution in [0.15, 0.2) is 24.3 Å². The van der Waals surface area contributed by atoms with Gasteiger partial charge in [0.25, 0.3) is 0 Å². The Morgan fingerprint density at radius 3 is 2.82 bits per heavy atom. The standard InChI is InChI=1S/C13H17N2O2/c1-14(2)13(16)15-9-8-12(10-15)17-11-6-4-3-5-7-11/h4-7,12H,8-10H2,1-2H3/t12-/m0/s1. The Morgan fingerprint density at radius 1 is 1.47 bits per heavy atom. The summed E-state index contributed by atoms with van der Waals surface area (Å²) in [7, 11) is 3.53. The van der Waals surface area contributed by atoms with Crippen molar-refractivity contribution in [1.29, 1.82) is 0 Å². The monoisotopic (exact) mass is 233 g/mol. The molecule has 1 heterocycles. The molecule has 4 heteroatoms. The lowest BCUT2D eigenvalue weighted by Gasteiger charge is -2.21. The van der Waals surface area contributed by atoms with Gasteiger partial charge >= 0.3 is 6.03 Å². The van der Waals surface area contributed by atoms with Crippen LogP contribution in [0.5, 0.6) is 5.75 Å². The highest BCUT2D eigenvalue weighted by Gasteiger charge is 2.28. The zero-order chi connectivity index (χ0) is 12.3. The van der Waals surface area contributed by atoms with Gasteiger partial charge in [-0.05, 0) is 18.2 Å². The zero-order valence-corrected chi connectivity index (χ0v) is 10.2. The van der Waals surface area contributed by atoms with E-state index in [4.69, 9.17) is 4.74 Å². The SMILES string of the molecule is CN(C)C(=O)N1CC[C@H](Oc2cc[c]cc2)C1. The predicted octanol–water partition coefficient (Wildman–Crippen LogP) is 1.62. The molecule has 2 rings (SSSR count). The number of ether oxygens (including phenoxy) is 1. The van der Waals surface area contributed by atoms with E-state index in [9.17, 15) is 4.79 Å². The molecule has 0 saturated carbocycles. The highest BCUT2D eigenvalue weighted by Crippen LogP contribution is 2.18. The number of likely N-dealkylation sites (tertiary alicyclic amines) is 1. The number of hydrogen-bond donors (Lipinski definition) is 0. The molecule has 1 radical (unpaired) electrons. The third-order valence-electron chi connectivity index (χ3n) is 2.79. The van der Waals surface area contributed by atoms with Crippen molar-refractivity contribution in [2.24, 2.45) is 0 Å². The fourth-order valence-corrected chi connectivity index (χ4v) is 1.92. The van der Waals surface area contributed by atoms with Crippen molar-refractivity contribution in [3.8, 4) is 5.75 Å². The maximum Gasteiger partial charge on any atom is 0.319 e. The topological polar surface area (TPSA) is 32.8 Å². The van der Waals surface area contributed by atoms with Crippen molar-refractivity contribution in [2.75, 3.05) is 27.2 Å². The largest absolute Gasteiger partial charge is 0.489 e. The van der Waals surface area contributed by atoms with Crippen LogP contribution >= 0.6 is 0 Å². The average Bonchev–Trinajstić information content (AvgIpc) is 2.77. The number of amides is 2. The maximum atomic E-state index is 11.7. The minimum Gasteiger partial charge on any atom is -0.489 e. The molecule has 1 fully saturated rings. The molecule has 91 valence electrons. The van der Waals surface area contributed by atoms with Gasteiger partial charge in [0, 0.05) is 27.1 Å². The Kier molecular flexibility index (Phi) is 3.52. The first-order valence-corrected chi connectivity index (χ1v) is 5.76. The normalized spacial score (nSPS) is 19.2. The quantitative estimate of drug-likeness (QED) is 0.777. The molecular weight excluding hydrogens is 216 g/mol. The first kappa shape index (κ1) is 11.8. The predicted molar refractivity (Wildman–Crippen MR) is 65.0 cm³/mol. The van der Waals surface area contributed by atoms with Crippen molar-refractivity contribution < 1.29 is 9.53 Å². The van der Waals surface area contributed by atoms with Gasteiger partial charge in [-0.3, -0.25) is 0 Å². The molecule has 1 atom stereocenters. The molecule has 2 amide bonds. The fraction of sp³-hybridized carbons (Fsp3) is 0.462. The second kappa shape index (κ2) is 5.08. The number of hydrogen-bond acceptors (Lipinski definition) is 2. The van der Waals surface area contributed by atoms with E-state index in [1.807, 2.05) is 29.2 Å². The van der Waals surface area contributed by atoms with Gasteiger partial charge in [-0.25, -0.2) is 4.79 Å². The van der Waals surface area contributed by atoms with E-state index in [0.717, 1.165) is 18.7 Å². The summed E-state index contributed by atoms with van der Waals surface area (Å²) in [5.41, 5.74) is 0. The van der Waals surface area contributed by atoms with Gasteiger partial charge in [0.1, 0.15) is 11.9 Å². The molecule has 17 heavy (non-hydrogen) atoms. The molecule has 0 bridgehead atoms. The van der Waals surface area contributed by atoms with Crippen LogP contribution in [0.4, 0.5) is 4.79 Å². The smallest absolute Gasteiger partial charge is 0.319 e. The van der Waals surface area contributed by atoms with Gasteiger partial charge in [-0.1, -0.05) is 12.1 Å². The van der Waals surface area contributed by atoms with E-state index in [0.29, 0.717) is 6.54 Å². The lowest BCUT2D eigenvalue weighted by molar-refractivity contribution is 0.168. The third-order valence-corrected chi connectivity index (χ3v) is 2.79. The lowest BCUT2D eigenvalue weighted by Crippen LogP contribution is -2.38. The number of carbonyl (C=O) groups is 1. The highest BCUT2D eigenvalue weighted by molar-refractivity contribution is 5.74. The summed E-state index contributed by atoms with van der Waals surface area (Å²) in [4.78, 5) is 15.2. The molecule has 0 N–H and O–H groups in total. The van der Waals surface area contributed by atoms with Gasteiger partial charge in [0.05, 0.1) is 6.54 Å². The van der Waals surface area contributed by atoms with Crippen molar-refractivity contribution in [1.82, 2.24) is 9.80 Å². The number of carbonyl (C=O) groups excluding carboxylic acids is 1. The molecule has 1 aliphatic rings. The highest BCUT2D eigenvalue weighted by atomic mass is 16.5. The first-order chi connectivity index (χ1) is 8.16. The molecule has 0 spiro atoms. The van der Waals surface area contributed by atoms with Crippen LogP contribution in [0, 0.1) is 6.07 Å². The van der Waals surface area contributed by atoms with Crippen molar-refractivity contribution >= 4 is 6.03 Å². The van der Waals surface area contributed by atoms with Gasteiger partial charge in [-0.2, -0.15) is 0 Å². The van der Waals surface area contributed by atoms with Crippen LogP contribution < -0.4 is 4.74 Å². The first-order valence-electron chi connectivity index (χ1n) is 5.76. The fourth-order valence-electron chi connectivity index (χ4n) is 1.92. The molecule has 1 aromatic rings. The molecule has 0 unspecified atom stereocenters. The van der Waals surface area contributed by atoms with Crippen LogP contribution in [-0.4, -0.2) is 49.1 Å². The molecule has 0 aliphatic carbocycles. The maximum absolute atomic E-state index is 11.7. The van der Waals surface area contributed by atoms with Gasteiger partial charge in [0.2, 0.25) is 0 Å². The number of nitrogens with zero attached hydrogens (tertiary/aromatic N) is 2. The van der Waals surface area contributed by atoms with Crippen molar-refractivity contribution in [3.63, 3.8) is 0 Å². The zero-order valence-electron chi connectivity index (χ0n) is 10.2. The molecular formula is C13H17N2O2. The van der Waals surface area contributed by atoms with Crippen molar-refractivity contribution in [3.05, 3.63) is 30.3 Å². The Hall–Kier alpha value is -1.71.